The molecular weight excluding hydrogens is 308 g/mol. The molecule has 0 spiro atoms. The van der Waals surface area contributed by atoms with Crippen LogP contribution in [0.5, 0.6) is 0 Å². The number of hydrogen-bond donors (Lipinski definition) is 2. The molecule has 3 heteroatoms. The Kier molecular flexibility index (Phi) is 12.7. The van der Waals surface area contributed by atoms with Crippen LogP contribution in [0, 0.1) is 0 Å². The average Bonchev–Trinajstić information content (AvgIpc) is 2.62. The van der Waals surface area contributed by atoms with Gasteiger partial charge in [0.25, 0.3) is 0 Å². The number of para-hydroxylation sites is 1. The summed E-state index contributed by atoms with van der Waals surface area (Å²) in [4.78, 5) is 12.3. The van der Waals surface area contributed by atoms with Crippen molar-refractivity contribution in [3.8, 4) is 0 Å². The molecule has 0 radical (unpaired) electrons. The van der Waals surface area contributed by atoms with E-state index in [2.05, 4.69) is 24.5 Å². The highest BCUT2D eigenvalue weighted by Gasteiger charge is 2.12. The number of anilines is 1. The summed E-state index contributed by atoms with van der Waals surface area (Å²) in [6.07, 6.45) is 15.0. The van der Waals surface area contributed by atoms with E-state index in [9.17, 15) is 4.79 Å². The molecule has 25 heavy (non-hydrogen) atoms. The Morgan fingerprint density at radius 3 is 1.92 bits per heavy atom. The summed E-state index contributed by atoms with van der Waals surface area (Å²) in [5.41, 5.74) is 0.851. The van der Waals surface area contributed by atoms with Gasteiger partial charge in [-0.1, -0.05) is 96.3 Å². The van der Waals surface area contributed by atoms with Gasteiger partial charge in [0.2, 0.25) is 0 Å². The van der Waals surface area contributed by atoms with Gasteiger partial charge in [-0.3, -0.25) is 0 Å². The van der Waals surface area contributed by atoms with Gasteiger partial charge < -0.3 is 10.6 Å². The Morgan fingerprint density at radius 1 is 0.800 bits per heavy atom. The van der Waals surface area contributed by atoms with Crippen molar-refractivity contribution in [2.45, 2.75) is 96.9 Å². The normalized spacial score (nSPS) is 11.9. The fraction of sp³-hybridized carbons (Fsp3) is 0.682. The highest BCUT2D eigenvalue weighted by atomic mass is 16.2. The first-order valence-corrected chi connectivity index (χ1v) is 10.4. The molecule has 1 rings (SSSR count). The van der Waals surface area contributed by atoms with Crippen molar-refractivity contribution < 1.29 is 4.79 Å². The lowest BCUT2D eigenvalue weighted by atomic mass is 10.0. The van der Waals surface area contributed by atoms with Crippen LogP contribution in [0.4, 0.5) is 10.5 Å². The van der Waals surface area contributed by atoms with Crippen LogP contribution in [0.2, 0.25) is 0 Å². The third-order valence-corrected chi connectivity index (χ3v) is 4.68. The monoisotopic (exact) mass is 346 g/mol. The molecule has 1 aromatic carbocycles. The van der Waals surface area contributed by atoms with E-state index in [0.29, 0.717) is 6.04 Å². The van der Waals surface area contributed by atoms with Gasteiger partial charge in [0, 0.05) is 11.7 Å². The van der Waals surface area contributed by atoms with Crippen molar-refractivity contribution >= 4 is 11.7 Å². The molecule has 0 aliphatic heterocycles. The zero-order valence-corrected chi connectivity index (χ0v) is 16.4. The van der Waals surface area contributed by atoms with Crippen LogP contribution in [0.25, 0.3) is 0 Å². The minimum absolute atomic E-state index is 0.0716. The number of nitrogens with one attached hydrogen (secondary N) is 2. The van der Waals surface area contributed by atoms with Crippen LogP contribution in [-0.4, -0.2) is 12.1 Å². The minimum atomic E-state index is -0.0716. The minimum Gasteiger partial charge on any atom is -0.335 e. The largest absolute Gasteiger partial charge is 0.335 e. The molecule has 3 nitrogen and oxygen atoms in total. The summed E-state index contributed by atoms with van der Waals surface area (Å²) < 4.78 is 0. The summed E-state index contributed by atoms with van der Waals surface area (Å²) in [7, 11) is 0. The molecular formula is C22H38N2O. The first-order chi connectivity index (χ1) is 12.3. The van der Waals surface area contributed by atoms with Gasteiger partial charge in [0.15, 0.2) is 0 Å². The Bertz CT molecular complexity index is 433. The number of hydrogen-bond acceptors (Lipinski definition) is 1. The maximum Gasteiger partial charge on any atom is 0.319 e. The maximum absolute atomic E-state index is 12.3. The smallest absolute Gasteiger partial charge is 0.319 e. The van der Waals surface area contributed by atoms with Crippen LogP contribution >= 0.6 is 0 Å². The highest BCUT2D eigenvalue weighted by Crippen LogP contribution is 2.14. The van der Waals surface area contributed by atoms with E-state index in [1.54, 1.807) is 0 Å². The second-order valence-electron chi connectivity index (χ2n) is 7.07. The van der Waals surface area contributed by atoms with Crippen LogP contribution in [0.15, 0.2) is 30.3 Å². The van der Waals surface area contributed by atoms with E-state index in [4.69, 9.17) is 0 Å². The van der Waals surface area contributed by atoms with Crippen LogP contribution in [0.1, 0.15) is 90.9 Å². The summed E-state index contributed by atoms with van der Waals surface area (Å²) in [6, 6.07) is 9.90. The second kappa shape index (κ2) is 14.8. The number of carbonyl (C=O) groups is 1. The summed E-state index contributed by atoms with van der Waals surface area (Å²) >= 11 is 0. The Hall–Kier alpha value is -1.51. The highest BCUT2D eigenvalue weighted by molar-refractivity contribution is 5.89. The molecule has 1 unspecified atom stereocenters. The van der Waals surface area contributed by atoms with E-state index in [0.717, 1.165) is 18.5 Å². The van der Waals surface area contributed by atoms with E-state index in [1.165, 1.54) is 64.2 Å². The fourth-order valence-corrected chi connectivity index (χ4v) is 3.15. The molecule has 0 aliphatic rings. The number of amides is 2. The number of carbonyl (C=O) groups excluding carboxylic acids is 1. The molecule has 0 aliphatic carbocycles. The quantitative estimate of drug-likeness (QED) is 0.353. The molecule has 0 heterocycles. The van der Waals surface area contributed by atoms with Gasteiger partial charge in [-0.15, -0.1) is 0 Å². The maximum atomic E-state index is 12.3. The molecule has 1 aromatic rings. The van der Waals surface area contributed by atoms with E-state index < -0.39 is 0 Å². The third kappa shape index (κ3) is 11.6. The predicted molar refractivity (Wildman–Crippen MR) is 109 cm³/mol. The Labute approximate surface area is 155 Å². The molecule has 0 saturated carbocycles. The van der Waals surface area contributed by atoms with Gasteiger partial charge in [-0.05, 0) is 25.0 Å². The number of benzene rings is 1. The first-order valence-electron chi connectivity index (χ1n) is 10.4. The topological polar surface area (TPSA) is 41.1 Å². The van der Waals surface area contributed by atoms with Crippen molar-refractivity contribution in [2.75, 3.05) is 5.32 Å². The Morgan fingerprint density at radius 2 is 1.32 bits per heavy atom. The third-order valence-electron chi connectivity index (χ3n) is 4.68. The zero-order chi connectivity index (χ0) is 18.2. The van der Waals surface area contributed by atoms with Crippen LogP contribution in [-0.2, 0) is 0 Å². The Balaban J connectivity index is 2.33. The van der Waals surface area contributed by atoms with E-state index >= 15 is 0 Å². The van der Waals surface area contributed by atoms with Crippen LogP contribution in [0.3, 0.4) is 0 Å². The van der Waals surface area contributed by atoms with Crippen molar-refractivity contribution in [1.29, 1.82) is 0 Å². The van der Waals surface area contributed by atoms with Gasteiger partial charge in [-0.25, -0.2) is 4.79 Å². The van der Waals surface area contributed by atoms with E-state index in [1.807, 2.05) is 30.3 Å². The van der Waals surface area contributed by atoms with Crippen molar-refractivity contribution in [2.24, 2.45) is 0 Å². The summed E-state index contributed by atoms with van der Waals surface area (Å²) in [5.74, 6) is 0. The van der Waals surface area contributed by atoms with Crippen molar-refractivity contribution in [3.63, 3.8) is 0 Å². The zero-order valence-electron chi connectivity index (χ0n) is 16.4. The summed E-state index contributed by atoms with van der Waals surface area (Å²) in [6.45, 7) is 4.49. The molecule has 1 atom stereocenters. The lowest BCUT2D eigenvalue weighted by Gasteiger charge is -2.19. The average molecular weight is 347 g/mol. The molecule has 0 fully saturated rings. The van der Waals surface area contributed by atoms with Crippen molar-refractivity contribution in [3.05, 3.63) is 30.3 Å². The van der Waals surface area contributed by atoms with Gasteiger partial charge in [0.05, 0.1) is 0 Å². The summed E-state index contributed by atoms with van der Waals surface area (Å²) in [5, 5.41) is 6.14. The fourth-order valence-electron chi connectivity index (χ4n) is 3.15. The van der Waals surface area contributed by atoms with Crippen molar-refractivity contribution in [1.82, 2.24) is 5.32 Å². The number of rotatable bonds is 14. The lowest BCUT2D eigenvalue weighted by Crippen LogP contribution is -2.38. The molecule has 142 valence electrons. The van der Waals surface area contributed by atoms with Gasteiger partial charge in [-0.2, -0.15) is 0 Å². The van der Waals surface area contributed by atoms with Gasteiger partial charge >= 0.3 is 6.03 Å². The van der Waals surface area contributed by atoms with Crippen LogP contribution < -0.4 is 10.6 Å². The standard InChI is InChI=1S/C22H38N2O/c1-3-5-7-9-10-13-17-20(16-12-8-6-4-2)23-22(25)24-21-18-14-11-15-19-21/h11,14-15,18-20H,3-10,12-13,16-17H2,1-2H3,(H2,23,24,25). The lowest BCUT2D eigenvalue weighted by molar-refractivity contribution is 0.246. The SMILES string of the molecule is CCCCCCCCC(CCCCCC)NC(=O)Nc1ccccc1. The number of urea groups is 1. The molecule has 2 N–H and O–H groups in total. The molecule has 0 saturated heterocycles. The molecule has 0 bridgehead atoms. The molecule has 0 aromatic heterocycles. The number of unbranched alkanes of at least 4 members (excludes halogenated alkanes) is 8. The molecule has 2 amide bonds. The first kappa shape index (κ1) is 21.5. The van der Waals surface area contributed by atoms with E-state index in [-0.39, 0.29) is 6.03 Å². The van der Waals surface area contributed by atoms with Gasteiger partial charge in [0.1, 0.15) is 0 Å². The predicted octanol–water partition coefficient (Wildman–Crippen LogP) is 6.90. The second-order valence-corrected chi connectivity index (χ2v) is 7.07.